The maximum atomic E-state index is 13.5. The molecule has 0 bridgehead atoms. The number of benzene rings is 3. The normalized spacial score (nSPS) is 10.8. The summed E-state index contributed by atoms with van der Waals surface area (Å²) in [6.45, 7) is 0. The summed E-state index contributed by atoms with van der Waals surface area (Å²) < 4.78 is 37.7. The number of nitrogens with zero attached hydrogens (tertiary/aromatic N) is 1. The van der Waals surface area contributed by atoms with Crippen molar-refractivity contribution in [1.82, 2.24) is 0 Å². The molecule has 32 heavy (non-hydrogen) atoms. The van der Waals surface area contributed by atoms with E-state index in [0.29, 0.717) is 23.0 Å². The number of ether oxygens (including phenoxy) is 4. The molecule has 0 saturated heterocycles. The van der Waals surface area contributed by atoms with Crippen LogP contribution in [0.3, 0.4) is 0 Å². The number of aromatic nitrogens is 1. The summed E-state index contributed by atoms with van der Waals surface area (Å²) in [5.41, 5.74) is 4.58. The third-order valence-corrected chi connectivity index (χ3v) is 5.52. The first-order chi connectivity index (χ1) is 15.5. The van der Waals surface area contributed by atoms with Crippen molar-refractivity contribution in [2.45, 2.75) is 0 Å². The Balaban J connectivity index is 1.94. The first-order valence-electron chi connectivity index (χ1n) is 10.1. The summed E-state index contributed by atoms with van der Waals surface area (Å²) in [4.78, 5) is 0. The lowest BCUT2D eigenvalue weighted by atomic mass is 9.97. The van der Waals surface area contributed by atoms with Crippen LogP contribution in [0.2, 0.25) is 0 Å². The van der Waals surface area contributed by atoms with Crippen LogP contribution < -0.4 is 23.5 Å². The van der Waals surface area contributed by atoms with Crippen molar-refractivity contribution in [3.8, 4) is 45.3 Å². The minimum atomic E-state index is -0.290. The zero-order valence-corrected chi connectivity index (χ0v) is 18.7. The molecule has 0 spiro atoms. The lowest BCUT2D eigenvalue weighted by molar-refractivity contribution is -0.644. The molecule has 0 unspecified atom stereocenters. The van der Waals surface area contributed by atoms with E-state index in [0.717, 1.165) is 33.2 Å². The van der Waals surface area contributed by atoms with Crippen molar-refractivity contribution in [1.29, 1.82) is 0 Å². The second-order valence-corrected chi connectivity index (χ2v) is 7.37. The van der Waals surface area contributed by atoms with Crippen LogP contribution in [0, 0.1) is 5.82 Å². The SMILES string of the molecule is COc1cc2cc(-c3cc(OC)c(OC)c(-c4ccc(F)cc4)c3)c[n+](C)c2cc1OC. The molecule has 0 fully saturated rings. The average molecular weight is 434 g/mol. The Labute approximate surface area is 186 Å². The lowest BCUT2D eigenvalue weighted by Gasteiger charge is -2.16. The minimum Gasteiger partial charge on any atom is -0.493 e. The topological polar surface area (TPSA) is 40.8 Å². The Morgan fingerprint density at radius 1 is 0.656 bits per heavy atom. The van der Waals surface area contributed by atoms with Gasteiger partial charge in [0.05, 0.1) is 39.9 Å². The summed E-state index contributed by atoms with van der Waals surface area (Å²) in [6, 6.07) is 16.3. The number of rotatable bonds is 6. The van der Waals surface area contributed by atoms with Gasteiger partial charge in [0, 0.05) is 11.1 Å². The van der Waals surface area contributed by atoms with Crippen molar-refractivity contribution in [2.24, 2.45) is 7.05 Å². The van der Waals surface area contributed by atoms with Crippen molar-refractivity contribution in [3.05, 3.63) is 66.6 Å². The largest absolute Gasteiger partial charge is 0.493 e. The zero-order chi connectivity index (χ0) is 22.8. The third kappa shape index (κ3) is 3.80. The highest BCUT2D eigenvalue weighted by Gasteiger charge is 2.19. The van der Waals surface area contributed by atoms with Crippen molar-refractivity contribution < 1.29 is 27.9 Å². The van der Waals surface area contributed by atoms with Crippen LogP contribution in [0.4, 0.5) is 4.39 Å². The van der Waals surface area contributed by atoms with Gasteiger partial charge in [-0.25, -0.2) is 8.96 Å². The lowest BCUT2D eigenvalue weighted by Crippen LogP contribution is -2.28. The van der Waals surface area contributed by atoms with E-state index in [-0.39, 0.29) is 5.82 Å². The molecule has 6 heteroatoms. The van der Waals surface area contributed by atoms with Crippen LogP contribution in [0.15, 0.2) is 60.8 Å². The molecule has 3 aromatic carbocycles. The molecule has 1 aromatic heterocycles. The summed E-state index contributed by atoms with van der Waals surface area (Å²) in [5, 5.41) is 1.00. The summed E-state index contributed by atoms with van der Waals surface area (Å²) >= 11 is 0. The number of aryl methyl sites for hydroxylation is 1. The molecule has 4 aromatic rings. The van der Waals surface area contributed by atoms with Gasteiger partial charge in [0.15, 0.2) is 29.2 Å². The van der Waals surface area contributed by atoms with E-state index < -0.39 is 0 Å². The van der Waals surface area contributed by atoms with Crippen LogP contribution in [0.5, 0.6) is 23.0 Å². The van der Waals surface area contributed by atoms with E-state index in [2.05, 4.69) is 6.07 Å². The number of hydrogen-bond acceptors (Lipinski definition) is 4. The minimum absolute atomic E-state index is 0.290. The molecule has 0 amide bonds. The zero-order valence-electron chi connectivity index (χ0n) is 18.7. The smallest absolute Gasteiger partial charge is 0.216 e. The molecular formula is C26H25FNO4+. The van der Waals surface area contributed by atoms with Crippen molar-refractivity contribution in [2.75, 3.05) is 28.4 Å². The fourth-order valence-corrected chi connectivity index (χ4v) is 3.92. The van der Waals surface area contributed by atoms with Crippen molar-refractivity contribution in [3.63, 3.8) is 0 Å². The van der Waals surface area contributed by atoms with Gasteiger partial charge in [-0.2, -0.15) is 0 Å². The maximum Gasteiger partial charge on any atom is 0.216 e. The molecule has 1 heterocycles. The number of methoxy groups -OCH3 is 4. The van der Waals surface area contributed by atoms with Crippen LogP contribution >= 0.6 is 0 Å². The Kier molecular flexibility index (Phi) is 5.86. The van der Waals surface area contributed by atoms with Gasteiger partial charge in [-0.15, -0.1) is 0 Å². The van der Waals surface area contributed by atoms with E-state index in [1.54, 1.807) is 40.6 Å². The van der Waals surface area contributed by atoms with Gasteiger partial charge < -0.3 is 18.9 Å². The first kappa shape index (κ1) is 21.4. The van der Waals surface area contributed by atoms with Gasteiger partial charge >= 0.3 is 0 Å². The van der Waals surface area contributed by atoms with Gasteiger partial charge in [-0.1, -0.05) is 12.1 Å². The van der Waals surface area contributed by atoms with Crippen LogP contribution in [-0.4, -0.2) is 28.4 Å². The quantitative estimate of drug-likeness (QED) is 0.393. The number of fused-ring (bicyclic) bond motifs is 1. The molecular weight excluding hydrogens is 409 g/mol. The molecule has 0 aliphatic rings. The standard InChI is InChI=1S/C26H25FNO4/c1-28-15-19(10-18-13-23(29-2)24(30-3)14-22(18)28)17-11-21(16-6-8-20(27)9-7-16)26(32-5)25(12-17)31-4/h6-15H,1-5H3/q+1. The number of pyridine rings is 1. The van der Waals surface area contributed by atoms with Gasteiger partial charge in [-0.05, 0) is 47.5 Å². The van der Waals surface area contributed by atoms with Crippen LogP contribution in [0.1, 0.15) is 0 Å². The van der Waals surface area contributed by atoms with Gasteiger partial charge in [-0.3, -0.25) is 0 Å². The van der Waals surface area contributed by atoms with E-state index >= 15 is 0 Å². The van der Waals surface area contributed by atoms with E-state index in [4.69, 9.17) is 18.9 Å². The highest BCUT2D eigenvalue weighted by Crippen LogP contribution is 2.42. The second kappa shape index (κ2) is 8.75. The van der Waals surface area contributed by atoms with Gasteiger partial charge in [0.2, 0.25) is 5.52 Å². The molecule has 4 rings (SSSR count). The number of halogens is 1. The van der Waals surface area contributed by atoms with E-state index in [9.17, 15) is 4.39 Å². The summed E-state index contributed by atoms with van der Waals surface area (Å²) in [6.07, 6.45) is 2.05. The Hall–Kier alpha value is -3.80. The summed E-state index contributed by atoms with van der Waals surface area (Å²) in [5.74, 6) is 2.24. The maximum absolute atomic E-state index is 13.5. The fraction of sp³-hybridized carbons (Fsp3) is 0.192. The molecule has 5 nitrogen and oxygen atoms in total. The van der Waals surface area contributed by atoms with E-state index in [1.165, 1.54) is 12.1 Å². The Bertz CT molecular complexity index is 1290. The fourth-order valence-electron chi connectivity index (χ4n) is 3.92. The first-order valence-corrected chi connectivity index (χ1v) is 10.1. The Morgan fingerprint density at radius 3 is 1.94 bits per heavy atom. The average Bonchev–Trinajstić information content (AvgIpc) is 2.82. The molecule has 0 radical (unpaired) electrons. The van der Waals surface area contributed by atoms with E-state index in [1.807, 2.05) is 42.1 Å². The Morgan fingerprint density at radius 2 is 1.31 bits per heavy atom. The number of hydrogen-bond donors (Lipinski definition) is 0. The molecule has 164 valence electrons. The van der Waals surface area contributed by atoms with Crippen molar-refractivity contribution >= 4 is 10.9 Å². The molecule has 0 atom stereocenters. The molecule has 0 saturated carbocycles. The predicted molar refractivity (Wildman–Crippen MR) is 122 cm³/mol. The van der Waals surface area contributed by atoms with Gasteiger partial charge in [0.1, 0.15) is 12.9 Å². The summed E-state index contributed by atoms with van der Waals surface area (Å²) in [7, 11) is 8.43. The highest BCUT2D eigenvalue weighted by atomic mass is 19.1. The molecule has 0 aliphatic heterocycles. The van der Waals surface area contributed by atoms with Crippen LogP contribution in [-0.2, 0) is 7.05 Å². The highest BCUT2D eigenvalue weighted by molar-refractivity contribution is 5.86. The molecule has 0 aliphatic carbocycles. The second-order valence-electron chi connectivity index (χ2n) is 7.37. The monoisotopic (exact) mass is 434 g/mol. The third-order valence-electron chi connectivity index (χ3n) is 5.52. The molecule has 0 N–H and O–H groups in total. The predicted octanol–water partition coefficient (Wildman–Crippen LogP) is 5.17. The van der Waals surface area contributed by atoms with Crippen LogP contribution in [0.25, 0.3) is 33.2 Å². The van der Waals surface area contributed by atoms with Gasteiger partial charge in [0.25, 0.3) is 0 Å².